The molecule has 8 nitrogen and oxygen atoms in total. The number of nitrogens with one attached hydrogen (secondary N) is 2. The molecule has 2 unspecified atom stereocenters. The highest BCUT2D eigenvalue weighted by atomic mass is 32.2. The number of benzene rings is 3. The number of nitrogens with two attached hydrogens (primary N) is 2. The molecule has 10 heteroatoms. The van der Waals surface area contributed by atoms with E-state index in [1.165, 1.54) is 10.6 Å². The van der Waals surface area contributed by atoms with Crippen molar-refractivity contribution in [3.8, 4) is 11.5 Å². The second-order valence-corrected chi connectivity index (χ2v) is 10.1. The Kier molecular flexibility index (Phi) is 7.97. The van der Waals surface area contributed by atoms with Gasteiger partial charge >= 0.3 is 0 Å². The number of thioether (sulfide) groups is 1. The van der Waals surface area contributed by atoms with Crippen molar-refractivity contribution in [2.75, 3.05) is 31.0 Å². The minimum Gasteiger partial charge on any atom is -0.497 e. The smallest absolute Gasteiger partial charge is 0.262 e. The van der Waals surface area contributed by atoms with E-state index in [2.05, 4.69) is 42.0 Å². The van der Waals surface area contributed by atoms with Crippen LogP contribution >= 0.6 is 24.4 Å². The van der Waals surface area contributed by atoms with E-state index in [1.54, 1.807) is 31.0 Å². The molecule has 2 atom stereocenters. The Hall–Kier alpha value is -3.34. The van der Waals surface area contributed by atoms with Crippen molar-refractivity contribution in [2.24, 2.45) is 11.5 Å². The van der Waals surface area contributed by atoms with Gasteiger partial charge in [0, 0.05) is 28.4 Å². The molecule has 0 fully saturated rings. The summed E-state index contributed by atoms with van der Waals surface area (Å²) in [5.41, 5.74) is 15.8. The molecule has 0 bridgehead atoms. The summed E-state index contributed by atoms with van der Waals surface area (Å²) < 4.78 is 10.5. The lowest BCUT2D eigenvalue weighted by molar-refractivity contribution is -0.118. The van der Waals surface area contributed by atoms with Gasteiger partial charge < -0.3 is 31.2 Å². The molecule has 2 aliphatic rings. The summed E-state index contributed by atoms with van der Waals surface area (Å²) in [5.74, 6) is 1.52. The van der Waals surface area contributed by atoms with Gasteiger partial charge in [-0.1, -0.05) is 30.0 Å². The standard InChI is InChI=1S/C18H22N4OS.C8H7NO2S/c1-22-15-7-6-13(23-2)10-16(15)24-18(22)14(19)9-11-4-3-5-12(8-11)17(20)21;10-8-4-11-7-2-1-5(12)3-6(7)9-8/h3-8,10,14,18H,9,19H2,1-2H3,(H3,20,21);1-3,12H,4H2,(H,9,10). The number of nitrogens with zero attached hydrogens (tertiary/aromatic N) is 1. The van der Waals surface area contributed by atoms with Crippen LogP contribution in [-0.2, 0) is 11.2 Å². The van der Waals surface area contributed by atoms with Crippen LogP contribution in [0, 0.1) is 5.41 Å². The van der Waals surface area contributed by atoms with Gasteiger partial charge in [-0.25, -0.2) is 0 Å². The van der Waals surface area contributed by atoms with E-state index in [9.17, 15) is 4.79 Å². The highest BCUT2D eigenvalue weighted by Crippen LogP contribution is 2.45. The van der Waals surface area contributed by atoms with E-state index in [0.29, 0.717) is 11.4 Å². The van der Waals surface area contributed by atoms with Crippen LogP contribution in [0.15, 0.2) is 70.5 Å². The molecule has 1 amide bonds. The van der Waals surface area contributed by atoms with Crippen LogP contribution in [-0.4, -0.2) is 43.9 Å². The van der Waals surface area contributed by atoms with E-state index in [1.807, 2.05) is 36.4 Å². The number of nitrogen functional groups attached to an aromatic ring is 1. The topological polar surface area (TPSA) is 127 Å². The summed E-state index contributed by atoms with van der Waals surface area (Å²) >= 11 is 5.91. The number of amides is 1. The molecule has 6 N–H and O–H groups in total. The molecule has 3 aromatic rings. The third-order valence-corrected chi connectivity index (χ3v) is 7.61. The average Bonchev–Trinajstić information content (AvgIpc) is 3.20. The summed E-state index contributed by atoms with van der Waals surface area (Å²) in [5, 5.41) is 10.4. The van der Waals surface area contributed by atoms with Crippen LogP contribution < -0.4 is 31.2 Å². The van der Waals surface area contributed by atoms with Crippen LogP contribution in [0.4, 0.5) is 11.4 Å². The Morgan fingerprint density at radius 3 is 2.83 bits per heavy atom. The fraction of sp³-hybridized carbons (Fsp3) is 0.231. The number of anilines is 2. The number of methoxy groups -OCH3 is 1. The predicted molar refractivity (Wildman–Crippen MR) is 148 cm³/mol. The summed E-state index contributed by atoms with van der Waals surface area (Å²) in [4.78, 5) is 15.1. The number of rotatable bonds is 5. The van der Waals surface area contributed by atoms with Gasteiger partial charge in [0.2, 0.25) is 0 Å². The van der Waals surface area contributed by atoms with Gasteiger partial charge in [0.15, 0.2) is 6.61 Å². The van der Waals surface area contributed by atoms with Crippen LogP contribution in [0.25, 0.3) is 0 Å². The molecular weight excluding hydrogens is 494 g/mol. The Morgan fingerprint density at radius 1 is 1.28 bits per heavy atom. The minimum atomic E-state index is -0.124. The maximum absolute atomic E-state index is 10.9. The molecule has 36 heavy (non-hydrogen) atoms. The van der Waals surface area contributed by atoms with Crippen molar-refractivity contribution in [3.05, 3.63) is 71.8 Å². The largest absolute Gasteiger partial charge is 0.497 e. The number of fused-ring (bicyclic) bond motifs is 2. The first-order chi connectivity index (χ1) is 17.2. The zero-order valence-corrected chi connectivity index (χ0v) is 21.7. The number of carbonyl (C=O) groups excluding carboxylic acids is 1. The quantitative estimate of drug-likeness (QED) is 0.196. The van der Waals surface area contributed by atoms with E-state index < -0.39 is 0 Å². The number of carbonyl (C=O) groups is 1. The van der Waals surface area contributed by atoms with E-state index >= 15 is 0 Å². The molecule has 2 heterocycles. The number of thiol groups is 1. The molecule has 0 saturated carbocycles. The van der Waals surface area contributed by atoms with Crippen molar-refractivity contribution < 1.29 is 14.3 Å². The summed E-state index contributed by atoms with van der Waals surface area (Å²) in [6, 6.07) is 19.2. The van der Waals surface area contributed by atoms with E-state index in [0.717, 1.165) is 28.2 Å². The van der Waals surface area contributed by atoms with Gasteiger partial charge in [-0.15, -0.1) is 12.6 Å². The zero-order chi connectivity index (χ0) is 25.8. The lowest BCUT2D eigenvalue weighted by Crippen LogP contribution is -2.43. The number of hydrogen-bond donors (Lipinski definition) is 5. The maximum atomic E-state index is 10.9. The van der Waals surface area contributed by atoms with E-state index in [4.69, 9.17) is 26.4 Å². The first-order valence-electron chi connectivity index (χ1n) is 11.3. The lowest BCUT2D eigenvalue weighted by Gasteiger charge is -2.27. The molecule has 0 saturated heterocycles. The molecule has 3 aromatic carbocycles. The van der Waals surface area contributed by atoms with Gasteiger partial charge in [0.1, 0.15) is 17.3 Å². The number of ether oxygens (including phenoxy) is 2. The summed E-state index contributed by atoms with van der Waals surface area (Å²) in [6.45, 7) is 0.0961. The molecule has 188 valence electrons. The molecular formula is C26H29N5O3S2. The zero-order valence-electron chi connectivity index (χ0n) is 20.0. The van der Waals surface area contributed by atoms with Crippen LogP contribution in [0.5, 0.6) is 11.5 Å². The molecule has 0 aromatic heterocycles. The van der Waals surface area contributed by atoms with Crippen LogP contribution in [0.2, 0.25) is 0 Å². The van der Waals surface area contributed by atoms with Gasteiger partial charge in [-0.3, -0.25) is 10.2 Å². The van der Waals surface area contributed by atoms with Gasteiger partial charge in [0.05, 0.1) is 23.9 Å². The second-order valence-electron chi connectivity index (χ2n) is 8.45. The minimum absolute atomic E-state index is 0.0411. The molecule has 0 radical (unpaired) electrons. The molecule has 5 rings (SSSR count). The van der Waals surface area contributed by atoms with Crippen LogP contribution in [0.1, 0.15) is 11.1 Å². The average molecular weight is 524 g/mol. The van der Waals surface area contributed by atoms with Crippen molar-refractivity contribution in [1.82, 2.24) is 0 Å². The van der Waals surface area contributed by atoms with Crippen molar-refractivity contribution in [3.63, 3.8) is 0 Å². The lowest BCUT2D eigenvalue weighted by atomic mass is 10.0. The Labute approximate surface area is 220 Å². The van der Waals surface area contributed by atoms with Gasteiger partial charge in [0.25, 0.3) is 5.91 Å². The number of hydrogen-bond acceptors (Lipinski definition) is 8. The Bertz CT molecular complexity index is 1290. The summed E-state index contributed by atoms with van der Waals surface area (Å²) in [7, 11) is 3.75. The SMILES string of the molecule is COc1ccc2c(c1)SC(C(N)Cc1cccc(C(=N)N)c1)N2C.O=C1COc2ccc(S)cc2N1. The molecule has 2 aliphatic heterocycles. The first kappa shape index (κ1) is 25.7. The van der Waals surface area contributed by atoms with Crippen LogP contribution in [0.3, 0.4) is 0 Å². The Morgan fingerprint density at radius 2 is 2.08 bits per heavy atom. The number of likely N-dealkylation sites (N-methyl/N-ethyl adjacent to an activating group) is 1. The fourth-order valence-corrected chi connectivity index (χ4v) is 5.56. The monoisotopic (exact) mass is 523 g/mol. The van der Waals surface area contributed by atoms with Gasteiger partial charge in [-0.05, 0) is 54.4 Å². The highest BCUT2D eigenvalue weighted by molar-refractivity contribution is 8.00. The Balaban J connectivity index is 0.000000211. The van der Waals surface area contributed by atoms with Crippen molar-refractivity contribution in [2.45, 2.75) is 27.6 Å². The fourth-order valence-electron chi connectivity index (χ4n) is 4.04. The third-order valence-electron chi connectivity index (χ3n) is 5.85. The normalized spacial score (nSPS) is 16.5. The highest BCUT2D eigenvalue weighted by Gasteiger charge is 2.32. The maximum Gasteiger partial charge on any atom is 0.262 e. The third kappa shape index (κ3) is 5.89. The second kappa shape index (κ2) is 11.2. The summed E-state index contributed by atoms with van der Waals surface area (Å²) in [6.07, 6.45) is 0.730. The molecule has 0 aliphatic carbocycles. The van der Waals surface area contributed by atoms with Gasteiger partial charge in [-0.2, -0.15) is 0 Å². The van der Waals surface area contributed by atoms with Crippen molar-refractivity contribution >= 4 is 47.5 Å². The number of amidine groups is 1. The predicted octanol–water partition coefficient (Wildman–Crippen LogP) is 3.72. The van der Waals surface area contributed by atoms with E-state index in [-0.39, 0.29) is 29.8 Å². The molecule has 0 spiro atoms. The first-order valence-corrected chi connectivity index (χ1v) is 12.6. The van der Waals surface area contributed by atoms with Crippen molar-refractivity contribution in [1.29, 1.82) is 5.41 Å².